The van der Waals surface area contributed by atoms with Crippen molar-refractivity contribution in [2.45, 2.75) is 18.9 Å². The van der Waals surface area contributed by atoms with Crippen LogP contribution < -0.4 is 5.73 Å². The maximum atomic E-state index is 9.90. The van der Waals surface area contributed by atoms with E-state index in [2.05, 4.69) is 30.0 Å². The fraction of sp³-hybridized carbons (Fsp3) is 0.389. The van der Waals surface area contributed by atoms with Crippen molar-refractivity contribution in [3.63, 3.8) is 0 Å². The molecule has 2 N–H and O–H groups in total. The highest BCUT2D eigenvalue weighted by atomic mass is 32.1. The topological polar surface area (TPSA) is 101 Å². The average molecular weight is 335 g/mol. The molecule has 1 aliphatic heterocycles. The Balaban J connectivity index is 2.28. The monoisotopic (exact) mass is 335 g/mol. The van der Waals surface area contributed by atoms with Crippen molar-refractivity contribution in [1.82, 2.24) is 4.90 Å². The third kappa shape index (κ3) is 2.14. The van der Waals surface area contributed by atoms with E-state index < -0.39 is 11.5 Å². The lowest BCUT2D eigenvalue weighted by atomic mass is 9.57. The molecule has 0 bridgehead atoms. The zero-order valence-electron chi connectivity index (χ0n) is 13.3. The normalized spacial score (nSPS) is 27.8. The SMILES string of the molecule is CCN1C=CC2=C(C#N)C(N)C(C#N)(C#N)C(c3cccs3)[C@H]2C1. The third-order valence-corrected chi connectivity index (χ3v) is 6.00. The van der Waals surface area contributed by atoms with Crippen LogP contribution in [-0.2, 0) is 0 Å². The Labute approximate surface area is 145 Å². The summed E-state index contributed by atoms with van der Waals surface area (Å²) in [4.78, 5) is 3.11. The lowest BCUT2D eigenvalue weighted by Gasteiger charge is -2.46. The quantitative estimate of drug-likeness (QED) is 0.895. The molecule has 0 radical (unpaired) electrons. The highest BCUT2D eigenvalue weighted by molar-refractivity contribution is 7.10. The second kappa shape index (κ2) is 6.13. The van der Waals surface area contributed by atoms with E-state index >= 15 is 0 Å². The van der Waals surface area contributed by atoms with E-state index in [1.165, 1.54) is 11.3 Å². The maximum absolute atomic E-state index is 9.90. The number of rotatable bonds is 2. The van der Waals surface area contributed by atoms with Gasteiger partial charge in [-0.25, -0.2) is 0 Å². The molecule has 1 aromatic heterocycles. The van der Waals surface area contributed by atoms with Gasteiger partial charge in [0.25, 0.3) is 0 Å². The number of hydrogen-bond donors (Lipinski definition) is 1. The highest BCUT2D eigenvalue weighted by Gasteiger charge is 2.56. The van der Waals surface area contributed by atoms with Crippen molar-refractivity contribution in [3.05, 3.63) is 45.8 Å². The van der Waals surface area contributed by atoms with Gasteiger partial charge in [-0.05, 0) is 36.2 Å². The molecule has 0 saturated carbocycles. The van der Waals surface area contributed by atoms with Crippen LogP contribution in [0.25, 0.3) is 0 Å². The zero-order valence-corrected chi connectivity index (χ0v) is 14.1. The number of thiophene rings is 1. The van der Waals surface area contributed by atoms with Crippen molar-refractivity contribution < 1.29 is 0 Å². The first-order valence-corrected chi connectivity index (χ1v) is 8.68. The molecule has 1 aliphatic carbocycles. The van der Waals surface area contributed by atoms with Gasteiger partial charge in [0.15, 0.2) is 5.41 Å². The molecule has 5 nitrogen and oxygen atoms in total. The van der Waals surface area contributed by atoms with E-state index in [0.29, 0.717) is 12.1 Å². The molecular weight excluding hydrogens is 318 g/mol. The number of nitriles is 3. The Bertz CT molecular complexity index is 801. The molecule has 3 atom stereocenters. The lowest BCUT2D eigenvalue weighted by Crippen LogP contribution is -2.53. The first-order chi connectivity index (χ1) is 11.6. The number of allylic oxidation sites excluding steroid dienone is 1. The largest absolute Gasteiger partial charge is 0.377 e. The fourth-order valence-electron chi connectivity index (χ4n) is 3.78. The lowest BCUT2D eigenvalue weighted by molar-refractivity contribution is 0.221. The van der Waals surface area contributed by atoms with E-state index in [-0.39, 0.29) is 11.8 Å². The van der Waals surface area contributed by atoms with Gasteiger partial charge in [0, 0.05) is 29.8 Å². The second-order valence-electron chi connectivity index (χ2n) is 6.05. The minimum atomic E-state index is -1.44. The summed E-state index contributed by atoms with van der Waals surface area (Å²) in [6, 6.07) is 9.48. The van der Waals surface area contributed by atoms with Gasteiger partial charge < -0.3 is 10.6 Å². The van der Waals surface area contributed by atoms with Gasteiger partial charge in [0.2, 0.25) is 0 Å². The smallest absolute Gasteiger partial charge is 0.171 e. The molecule has 0 aromatic carbocycles. The van der Waals surface area contributed by atoms with Crippen molar-refractivity contribution in [2.24, 2.45) is 17.1 Å². The van der Waals surface area contributed by atoms with Crippen molar-refractivity contribution in [3.8, 4) is 18.2 Å². The van der Waals surface area contributed by atoms with Gasteiger partial charge in [-0.1, -0.05) is 6.07 Å². The van der Waals surface area contributed by atoms with Crippen LogP contribution in [0, 0.1) is 45.3 Å². The summed E-state index contributed by atoms with van der Waals surface area (Å²) >= 11 is 1.53. The standard InChI is InChI=1S/C18H17N5S/c1-2-23-6-5-12-13(8-19)17(22)18(10-20,11-21)16(14(12)9-23)15-4-3-7-24-15/h3-7,14,16-17H,2,9,22H2,1H3/t14-,16?,17?/m0/s1. The molecule has 0 amide bonds. The van der Waals surface area contributed by atoms with Gasteiger partial charge in [0.05, 0.1) is 29.8 Å². The Morgan fingerprint density at radius 1 is 1.38 bits per heavy atom. The summed E-state index contributed by atoms with van der Waals surface area (Å²) in [7, 11) is 0. The first-order valence-electron chi connectivity index (χ1n) is 7.80. The van der Waals surface area contributed by atoms with Crippen molar-refractivity contribution in [1.29, 1.82) is 15.8 Å². The predicted molar refractivity (Wildman–Crippen MR) is 91.2 cm³/mol. The molecule has 0 spiro atoms. The third-order valence-electron chi connectivity index (χ3n) is 5.05. The van der Waals surface area contributed by atoms with Crippen LogP contribution in [0.5, 0.6) is 0 Å². The predicted octanol–water partition coefficient (Wildman–Crippen LogP) is 2.49. The van der Waals surface area contributed by atoms with Gasteiger partial charge in [-0.2, -0.15) is 15.8 Å². The molecule has 1 aromatic rings. The van der Waals surface area contributed by atoms with E-state index in [0.717, 1.165) is 17.0 Å². The van der Waals surface area contributed by atoms with Crippen molar-refractivity contribution in [2.75, 3.05) is 13.1 Å². The van der Waals surface area contributed by atoms with Gasteiger partial charge in [-0.15, -0.1) is 11.3 Å². The summed E-state index contributed by atoms with van der Waals surface area (Å²) < 4.78 is 0. The number of fused-ring (bicyclic) bond motifs is 1. The summed E-state index contributed by atoms with van der Waals surface area (Å²) in [6.45, 7) is 3.56. The molecule has 24 heavy (non-hydrogen) atoms. The van der Waals surface area contributed by atoms with Crippen LogP contribution >= 0.6 is 11.3 Å². The summed E-state index contributed by atoms with van der Waals surface area (Å²) in [5, 5.41) is 31.3. The van der Waals surface area contributed by atoms with Crippen LogP contribution in [-0.4, -0.2) is 24.0 Å². The first kappa shape index (κ1) is 16.3. The molecule has 6 heteroatoms. The zero-order chi connectivity index (χ0) is 17.3. The summed E-state index contributed by atoms with van der Waals surface area (Å²) in [6.07, 6.45) is 3.89. The van der Waals surface area contributed by atoms with Crippen LogP contribution in [0.4, 0.5) is 0 Å². The molecule has 0 fully saturated rings. The van der Waals surface area contributed by atoms with E-state index in [1.54, 1.807) is 0 Å². The minimum Gasteiger partial charge on any atom is -0.377 e. The van der Waals surface area contributed by atoms with E-state index in [1.807, 2.05) is 29.8 Å². The number of nitrogens with two attached hydrogens (primary N) is 1. The van der Waals surface area contributed by atoms with E-state index in [4.69, 9.17) is 5.73 Å². The average Bonchev–Trinajstić information content (AvgIpc) is 3.14. The van der Waals surface area contributed by atoms with Gasteiger partial charge in [-0.3, -0.25) is 0 Å². The molecule has 2 unspecified atom stereocenters. The molecule has 2 aliphatic rings. The van der Waals surface area contributed by atoms with Crippen molar-refractivity contribution >= 4 is 11.3 Å². The summed E-state index contributed by atoms with van der Waals surface area (Å²) in [5.41, 5.74) is 6.09. The molecule has 2 heterocycles. The van der Waals surface area contributed by atoms with Crippen LogP contribution in [0.3, 0.4) is 0 Å². The maximum Gasteiger partial charge on any atom is 0.171 e. The Morgan fingerprint density at radius 3 is 2.67 bits per heavy atom. The minimum absolute atomic E-state index is 0.0950. The fourth-order valence-corrected chi connectivity index (χ4v) is 4.74. The number of nitrogens with zero attached hydrogens (tertiary/aromatic N) is 4. The van der Waals surface area contributed by atoms with Crippen LogP contribution in [0.1, 0.15) is 17.7 Å². The van der Waals surface area contributed by atoms with Gasteiger partial charge in [0.1, 0.15) is 0 Å². The molecule has 3 rings (SSSR count). The Hall–Kier alpha value is -2.59. The Kier molecular flexibility index (Phi) is 4.16. The number of hydrogen-bond acceptors (Lipinski definition) is 6. The summed E-state index contributed by atoms with van der Waals surface area (Å²) in [5.74, 6) is -0.434. The van der Waals surface area contributed by atoms with Crippen LogP contribution in [0.2, 0.25) is 0 Å². The van der Waals surface area contributed by atoms with E-state index in [9.17, 15) is 15.8 Å². The molecule has 120 valence electrons. The highest BCUT2D eigenvalue weighted by Crippen LogP contribution is 2.53. The Morgan fingerprint density at radius 2 is 2.12 bits per heavy atom. The molecular formula is C18H17N5S. The second-order valence-corrected chi connectivity index (χ2v) is 7.03. The van der Waals surface area contributed by atoms with Crippen LogP contribution in [0.15, 0.2) is 40.9 Å². The molecule has 0 saturated heterocycles. The van der Waals surface area contributed by atoms with Gasteiger partial charge >= 0.3 is 0 Å².